The highest BCUT2D eigenvalue weighted by molar-refractivity contribution is 5.92. The van der Waals surface area contributed by atoms with Crippen molar-refractivity contribution < 1.29 is 0 Å². The summed E-state index contributed by atoms with van der Waals surface area (Å²) in [6.07, 6.45) is 6.13. The van der Waals surface area contributed by atoms with Crippen molar-refractivity contribution in [3.05, 3.63) is 71.4 Å². The first-order valence-corrected chi connectivity index (χ1v) is 6.11. The fourth-order valence-electron chi connectivity index (χ4n) is 2.11. The summed E-state index contributed by atoms with van der Waals surface area (Å²) in [6, 6.07) is 18.0. The van der Waals surface area contributed by atoms with Crippen molar-refractivity contribution in [2.24, 2.45) is 0 Å². The minimum Gasteiger partial charge on any atom is -0.361 e. The zero-order valence-corrected chi connectivity index (χ0v) is 10.3. The van der Waals surface area contributed by atoms with E-state index in [9.17, 15) is 0 Å². The topological polar surface area (TPSA) is 39.6 Å². The summed E-state index contributed by atoms with van der Waals surface area (Å²) in [6.45, 7) is 0. The molecule has 0 bridgehead atoms. The maximum Gasteiger partial charge on any atom is 0.0992 e. The lowest BCUT2D eigenvalue weighted by atomic mass is 10.1. The second-order valence-corrected chi connectivity index (χ2v) is 4.36. The molecule has 0 aliphatic carbocycles. The lowest BCUT2D eigenvalue weighted by molar-refractivity contribution is 1.45. The van der Waals surface area contributed by atoms with Crippen LogP contribution in [0.15, 0.2) is 54.7 Å². The van der Waals surface area contributed by atoms with E-state index in [1.165, 1.54) is 5.56 Å². The Balaban J connectivity index is 1.98. The number of aromatic amines is 1. The molecule has 3 aromatic rings. The zero-order valence-electron chi connectivity index (χ0n) is 10.3. The van der Waals surface area contributed by atoms with Gasteiger partial charge >= 0.3 is 0 Å². The third kappa shape index (κ3) is 2.27. The molecule has 0 saturated heterocycles. The number of fused-ring (bicyclic) bond motifs is 1. The predicted molar refractivity (Wildman–Crippen MR) is 78.4 cm³/mol. The quantitative estimate of drug-likeness (QED) is 0.720. The normalized spacial score (nSPS) is 10.9. The Morgan fingerprint density at radius 2 is 1.84 bits per heavy atom. The molecule has 0 radical (unpaired) electrons. The van der Waals surface area contributed by atoms with Gasteiger partial charge < -0.3 is 4.98 Å². The Kier molecular flexibility index (Phi) is 2.88. The van der Waals surface area contributed by atoms with Gasteiger partial charge in [-0.1, -0.05) is 48.6 Å². The molecule has 0 unspecified atom stereocenters. The molecule has 0 spiro atoms. The van der Waals surface area contributed by atoms with Gasteiger partial charge in [0.25, 0.3) is 0 Å². The maximum atomic E-state index is 8.88. The van der Waals surface area contributed by atoms with Gasteiger partial charge in [0.1, 0.15) is 0 Å². The summed E-state index contributed by atoms with van der Waals surface area (Å²) in [5.41, 5.74) is 3.97. The van der Waals surface area contributed by atoms with Gasteiger partial charge in [0.2, 0.25) is 0 Å². The number of H-pyrrole nitrogens is 1. The largest absolute Gasteiger partial charge is 0.361 e. The van der Waals surface area contributed by atoms with Crippen molar-refractivity contribution in [3.8, 4) is 6.07 Å². The number of nitriles is 1. The second-order valence-electron chi connectivity index (χ2n) is 4.36. The van der Waals surface area contributed by atoms with Gasteiger partial charge in [-0.2, -0.15) is 5.26 Å². The molecule has 1 heterocycles. The number of rotatable bonds is 2. The summed E-state index contributed by atoms with van der Waals surface area (Å²) in [5, 5.41) is 10.0. The van der Waals surface area contributed by atoms with Crippen LogP contribution in [0.4, 0.5) is 0 Å². The molecule has 0 amide bonds. The molecule has 3 rings (SSSR count). The number of aromatic nitrogens is 1. The van der Waals surface area contributed by atoms with E-state index < -0.39 is 0 Å². The Bertz CT molecular complexity index is 774. The molecule has 90 valence electrons. The number of nitrogens with one attached hydrogen (secondary N) is 1. The van der Waals surface area contributed by atoms with Gasteiger partial charge in [-0.15, -0.1) is 0 Å². The van der Waals surface area contributed by atoms with Crippen LogP contribution in [-0.4, -0.2) is 4.98 Å². The fraction of sp³-hybridized carbons (Fsp3) is 0. The summed E-state index contributed by atoms with van der Waals surface area (Å²) in [5.74, 6) is 0. The van der Waals surface area contributed by atoms with Gasteiger partial charge in [-0.3, -0.25) is 0 Å². The van der Waals surface area contributed by atoms with Crippen molar-refractivity contribution in [2.45, 2.75) is 0 Å². The molecule has 0 atom stereocenters. The molecule has 2 heteroatoms. The Labute approximate surface area is 111 Å². The molecule has 0 saturated carbocycles. The van der Waals surface area contributed by atoms with Crippen molar-refractivity contribution in [2.75, 3.05) is 0 Å². The van der Waals surface area contributed by atoms with Crippen LogP contribution in [-0.2, 0) is 0 Å². The Hall–Kier alpha value is -2.79. The molecule has 1 N–H and O–H groups in total. The van der Waals surface area contributed by atoms with Gasteiger partial charge in [0.05, 0.1) is 11.6 Å². The van der Waals surface area contributed by atoms with E-state index >= 15 is 0 Å². The molecule has 2 nitrogen and oxygen atoms in total. The Morgan fingerprint density at radius 3 is 2.63 bits per heavy atom. The molecular weight excluding hydrogens is 232 g/mol. The highest BCUT2D eigenvalue weighted by Crippen LogP contribution is 2.21. The van der Waals surface area contributed by atoms with Crippen LogP contribution in [0.1, 0.15) is 16.7 Å². The van der Waals surface area contributed by atoms with Crippen LogP contribution in [0.3, 0.4) is 0 Å². The van der Waals surface area contributed by atoms with Gasteiger partial charge in [-0.25, -0.2) is 0 Å². The van der Waals surface area contributed by atoms with E-state index in [-0.39, 0.29) is 0 Å². The van der Waals surface area contributed by atoms with Gasteiger partial charge in [0.15, 0.2) is 0 Å². The molecule has 0 fully saturated rings. The number of nitrogens with zero attached hydrogens (tertiary/aromatic N) is 1. The van der Waals surface area contributed by atoms with Crippen LogP contribution in [0, 0.1) is 11.3 Å². The predicted octanol–water partition coefficient (Wildman–Crippen LogP) is 4.21. The Morgan fingerprint density at radius 1 is 1.00 bits per heavy atom. The van der Waals surface area contributed by atoms with Crippen LogP contribution in [0.5, 0.6) is 0 Å². The molecule has 0 aliphatic heterocycles. The number of benzene rings is 2. The van der Waals surface area contributed by atoms with E-state index in [2.05, 4.69) is 35.3 Å². The second kappa shape index (κ2) is 4.83. The summed E-state index contributed by atoms with van der Waals surface area (Å²) < 4.78 is 0. The first-order valence-electron chi connectivity index (χ1n) is 6.11. The third-order valence-electron chi connectivity index (χ3n) is 3.10. The maximum absolute atomic E-state index is 8.88. The molecule has 0 aliphatic rings. The first-order chi connectivity index (χ1) is 9.36. The average molecular weight is 244 g/mol. The lowest BCUT2D eigenvalue weighted by Crippen LogP contribution is -1.74. The highest BCUT2D eigenvalue weighted by atomic mass is 14.7. The van der Waals surface area contributed by atoms with Crippen LogP contribution in [0.25, 0.3) is 23.1 Å². The lowest BCUT2D eigenvalue weighted by Gasteiger charge is -1.94. The van der Waals surface area contributed by atoms with Crippen LogP contribution < -0.4 is 0 Å². The summed E-state index contributed by atoms with van der Waals surface area (Å²) in [7, 11) is 0. The summed E-state index contributed by atoms with van der Waals surface area (Å²) in [4.78, 5) is 3.20. The first kappa shape index (κ1) is 11.3. The minimum absolute atomic E-state index is 0.674. The van der Waals surface area contributed by atoms with E-state index in [0.717, 1.165) is 16.5 Å². The van der Waals surface area contributed by atoms with Crippen molar-refractivity contribution in [1.82, 2.24) is 4.98 Å². The minimum atomic E-state index is 0.674. The molecule has 2 aromatic carbocycles. The third-order valence-corrected chi connectivity index (χ3v) is 3.10. The van der Waals surface area contributed by atoms with Gasteiger partial charge in [-0.05, 0) is 23.3 Å². The van der Waals surface area contributed by atoms with Crippen molar-refractivity contribution in [1.29, 1.82) is 5.26 Å². The van der Waals surface area contributed by atoms with Crippen molar-refractivity contribution >= 4 is 23.1 Å². The van der Waals surface area contributed by atoms with Crippen LogP contribution >= 0.6 is 0 Å². The molecular formula is C17H12N2. The smallest absolute Gasteiger partial charge is 0.0992 e. The molecule has 19 heavy (non-hydrogen) atoms. The standard InChI is InChI=1S/C17H12N2/c18-11-14-7-9-16-15(12-19-17(16)10-14)8-6-13-4-2-1-3-5-13/h1-10,12,19H. The van der Waals surface area contributed by atoms with Gasteiger partial charge in [0, 0.05) is 17.1 Å². The van der Waals surface area contributed by atoms with Crippen LogP contribution in [0.2, 0.25) is 0 Å². The average Bonchev–Trinajstić information content (AvgIpc) is 2.88. The summed E-state index contributed by atoms with van der Waals surface area (Å²) >= 11 is 0. The number of hydrogen-bond donors (Lipinski definition) is 1. The van der Waals surface area contributed by atoms with E-state index in [1.807, 2.05) is 42.6 Å². The molecule has 1 aromatic heterocycles. The van der Waals surface area contributed by atoms with E-state index in [4.69, 9.17) is 5.26 Å². The van der Waals surface area contributed by atoms with E-state index in [1.54, 1.807) is 0 Å². The highest BCUT2D eigenvalue weighted by Gasteiger charge is 2.01. The number of hydrogen-bond acceptors (Lipinski definition) is 1. The monoisotopic (exact) mass is 244 g/mol. The zero-order chi connectivity index (χ0) is 13.1. The van der Waals surface area contributed by atoms with E-state index in [0.29, 0.717) is 5.56 Å². The fourth-order valence-corrected chi connectivity index (χ4v) is 2.11. The SMILES string of the molecule is N#Cc1ccc2c(C=Cc3ccccc3)c[nH]c2c1. The van der Waals surface area contributed by atoms with Crippen molar-refractivity contribution in [3.63, 3.8) is 0 Å².